The van der Waals surface area contributed by atoms with Crippen LogP contribution in [0.25, 0.3) is 0 Å². The molecule has 2 unspecified atom stereocenters. The number of pyridine rings is 1. The van der Waals surface area contributed by atoms with Gasteiger partial charge < -0.3 is 10.6 Å². The quantitative estimate of drug-likeness (QED) is 0.843. The highest BCUT2D eigenvalue weighted by Crippen LogP contribution is 2.36. The fourth-order valence-electron chi connectivity index (χ4n) is 2.49. The summed E-state index contributed by atoms with van der Waals surface area (Å²) < 4.78 is 37.9. The summed E-state index contributed by atoms with van der Waals surface area (Å²) in [6.07, 6.45) is -2.38. The van der Waals surface area contributed by atoms with Crippen LogP contribution in [0, 0.1) is 5.92 Å². The van der Waals surface area contributed by atoms with Gasteiger partial charge in [-0.15, -0.1) is 0 Å². The van der Waals surface area contributed by atoms with Gasteiger partial charge in [0.2, 0.25) is 0 Å². The summed E-state index contributed by atoms with van der Waals surface area (Å²) in [6, 6.07) is 1.25. The maximum atomic E-state index is 12.6. The van der Waals surface area contributed by atoms with Crippen molar-refractivity contribution < 1.29 is 13.2 Å². The average molecular weight is 259 g/mol. The monoisotopic (exact) mass is 259 g/mol. The number of nitrogens with zero attached hydrogens (tertiary/aromatic N) is 2. The van der Waals surface area contributed by atoms with Crippen LogP contribution in [0.15, 0.2) is 12.3 Å². The average Bonchev–Trinajstić information content (AvgIpc) is 2.56. The number of hydrogen-bond donors (Lipinski definition) is 1. The molecule has 0 spiro atoms. The van der Waals surface area contributed by atoms with Crippen molar-refractivity contribution in [1.29, 1.82) is 0 Å². The van der Waals surface area contributed by atoms with Crippen LogP contribution in [0.4, 0.5) is 24.5 Å². The normalized spacial score (nSPS) is 24.6. The Labute approximate surface area is 104 Å². The Morgan fingerprint density at radius 3 is 2.56 bits per heavy atom. The number of hydrogen-bond acceptors (Lipinski definition) is 3. The van der Waals surface area contributed by atoms with Gasteiger partial charge >= 0.3 is 6.18 Å². The molecule has 3 nitrogen and oxygen atoms in total. The number of halogens is 3. The third-order valence-corrected chi connectivity index (χ3v) is 3.30. The molecule has 0 radical (unpaired) electrons. The van der Waals surface area contributed by atoms with Gasteiger partial charge in [-0.05, 0) is 25.3 Å². The summed E-state index contributed by atoms with van der Waals surface area (Å²) in [5.41, 5.74) is 5.59. The third kappa shape index (κ3) is 2.37. The van der Waals surface area contributed by atoms with Gasteiger partial charge in [-0.2, -0.15) is 13.2 Å². The number of rotatable bonds is 1. The van der Waals surface area contributed by atoms with E-state index in [1.54, 1.807) is 0 Å². The van der Waals surface area contributed by atoms with Gasteiger partial charge in [-0.3, -0.25) is 0 Å². The van der Waals surface area contributed by atoms with E-state index in [1.807, 2.05) is 11.8 Å². The van der Waals surface area contributed by atoms with Gasteiger partial charge in [0.05, 0.1) is 17.6 Å². The second-order valence-corrected chi connectivity index (χ2v) is 4.97. The zero-order valence-corrected chi connectivity index (χ0v) is 10.3. The smallest absolute Gasteiger partial charge is 0.396 e. The Balaban J connectivity index is 2.38. The minimum atomic E-state index is -4.43. The largest absolute Gasteiger partial charge is 0.433 e. The Morgan fingerprint density at radius 2 is 2.06 bits per heavy atom. The summed E-state index contributed by atoms with van der Waals surface area (Å²) in [7, 11) is 0. The highest BCUT2D eigenvalue weighted by molar-refractivity contribution is 5.68. The summed E-state index contributed by atoms with van der Waals surface area (Å²) in [5.74, 6) is 0.460. The van der Waals surface area contributed by atoms with Crippen molar-refractivity contribution >= 4 is 11.4 Å². The van der Waals surface area contributed by atoms with E-state index in [0.29, 0.717) is 17.3 Å². The molecule has 2 rings (SSSR count). The number of nitrogen functional groups attached to an aromatic ring is 1. The molecule has 0 bridgehead atoms. The molecule has 0 aliphatic carbocycles. The Bertz CT molecular complexity index is 445. The van der Waals surface area contributed by atoms with Crippen LogP contribution >= 0.6 is 0 Å². The van der Waals surface area contributed by atoms with Crippen molar-refractivity contribution in [3.63, 3.8) is 0 Å². The van der Waals surface area contributed by atoms with Crippen molar-refractivity contribution in [3.05, 3.63) is 18.0 Å². The summed E-state index contributed by atoms with van der Waals surface area (Å²) in [6.45, 7) is 4.81. The topological polar surface area (TPSA) is 42.2 Å². The van der Waals surface area contributed by atoms with Crippen molar-refractivity contribution in [3.8, 4) is 0 Å². The molecule has 1 aromatic heterocycles. The molecule has 1 aliphatic rings. The first-order valence-corrected chi connectivity index (χ1v) is 5.88. The van der Waals surface area contributed by atoms with Gasteiger partial charge in [0.15, 0.2) is 0 Å². The molecule has 100 valence electrons. The zero-order valence-electron chi connectivity index (χ0n) is 10.3. The van der Waals surface area contributed by atoms with Crippen molar-refractivity contribution in [2.24, 2.45) is 5.92 Å². The maximum absolute atomic E-state index is 12.6. The van der Waals surface area contributed by atoms with Gasteiger partial charge in [0, 0.05) is 12.6 Å². The number of nitrogens with two attached hydrogens (primary N) is 1. The maximum Gasteiger partial charge on any atom is 0.433 e. The fraction of sp³-hybridized carbons (Fsp3) is 0.583. The molecule has 0 aromatic carbocycles. The standard InChI is InChI=1S/C12H16F3N3/c1-7-3-8(2)18(6-7)10-4-11(12(13,14)15)17-5-9(10)16/h4-5,7-8H,3,6,16H2,1-2H3. The molecule has 1 saturated heterocycles. The number of alkyl halides is 3. The third-order valence-electron chi connectivity index (χ3n) is 3.30. The SMILES string of the molecule is CC1CC(C)N(c2cc(C(F)(F)F)ncc2N)C1. The second kappa shape index (κ2) is 4.33. The van der Waals surface area contributed by atoms with E-state index < -0.39 is 11.9 Å². The van der Waals surface area contributed by atoms with E-state index in [4.69, 9.17) is 5.73 Å². The van der Waals surface area contributed by atoms with E-state index in [0.717, 1.165) is 25.2 Å². The molecular formula is C12H16F3N3. The van der Waals surface area contributed by atoms with E-state index in [9.17, 15) is 13.2 Å². The number of anilines is 2. The van der Waals surface area contributed by atoms with Crippen LogP contribution in [0.2, 0.25) is 0 Å². The van der Waals surface area contributed by atoms with E-state index >= 15 is 0 Å². The lowest BCUT2D eigenvalue weighted by atomic mass is 10.1. The van der Waals surface area contributed by atoms with Gasteiger partial charge in [0.25, 0.3) is 0 Å². The first kappa shape index (κ1) is 13.0. The molecule has 0 saturated carbocycles. The predicted octanol–water partition coefficient (Wildman–Crippen LogP) is 2.92. The highest BCUT2D eigenvalue weighted by Gasteiger charge is 2.35. The van der Waals surface area contributed by atoms with Crippen LogP contribution in [0.5, 0.6) is 0 Å². The Morgan fingerprint density at radius 1 is 1.39 bits per heavy atom. The van der Waals surface area contributed by atoms with Crippen molar-refractivity contribution in [1.82, 2.24) is 4.98 Å². The van der Waals surface area contributed by atoms with Crippen LogP contribution in [0.3, 0.4) is 0 Å². The predicted molar refractivity (Wildman–Crippen MR) is 64.2 cm³/mol. The Kier molecular flexibility index (Phi) is 3.12. The summed E-state index contributed by atoms with van der Waals surface area (Å²) in [4.78, 5) is 5.28. The minimum Gasteiger partial charge on any atom is -0.396 e. The van der Waals surface area contributed by atoms with Gasteiger partial charge in [-0.1, -0.05) is 6.92 Å². The molecule has 1 aliphatic heterocycles. The molecule has 18 heavy (non-hydrogen) atoms. The molecule has 1 aromatic rings. The van der Waals surface area contributed by atoms with Crippen molar-refractivity contribution in [2.75, 3.05) is 17.2 Å². The van der Waals surface area contributed by atoms with Crippen LogP contribution < -0.4 is 10.6 Å². The number of aromatic nitrogens is 1. The molecule has 0 amide bonds. The first-order chi connectivity index (χ1) is 8.29. The van der Waals surface area contributed by atoms with E-state index in [-0.39, 0.29) is 6.04 Å². The summed E-state index contributed by atoms with van der Waals surface area (Å²) in [5, 5.41) is 0. The molecule has 2 N–H and O–H groups in total. The molecule has 6 heteroatoms. The van der Waals surface area contributed by atoms with E-state index in [1.165, 1.54) is 0 Å². The first-order valence-electron chi connectivity index (χ1n) is 5.88. The van der Waals surface area contributed by atoms with Crippen molar-refractivity contribution in [2.45, 2.75) is 32.5 Å². The van der Waals surface area contributed by atoms with Crippen LogP contribution in [-0.4, -0.2) is 17.6 Å². The minimum absolute atomic E-state index is 0.200. The van der Waals surface area contributed by atoms with Gasteiger partial charge in [-0.25, -0.2) is 4.98 Å². The lowest BCUT2D eigenvalue weighted by molar-refractivity contribution is -0.141. The zero-order chi connectivity index (χ0) is 13.5. The molecule has 2 heterocycles. The molecular weight excluding hydrogens is 243 g/mol. The lowest BCUT2D eigenvalue weighted by Crippen LogP contribution is -2.28. The fourth-order valence-corrected chi connectivity index (χ4v) is 2.49. The van der Waals surface area contributed by atoms with Crippen LogP contribution in [-0.2, 0) is 6.18 Å². The van der Waals surface area contributed by atoms with Crippen LogP contribution in [0.1, 0.15) is 26.0 Å². The highest BCUT2D eigenvalue weighted by atomic mass is 19.4. The summed E-state index contributed by atoms with van der Waals surface area (Å²) >= 11 is 0. The Hall–Kier alpha value is -1.46. The lowest BCUT2D eigenvalue weighted by Gasteiger charge is -2.25. The molecule has 1 fully saturated rings. The second-order valence-electron chi connectivity index (χ2n) is 4.97. The van der Waals surface area contributed by atoms with E-state index in [2.05, 4.69) is 11.9 Å². The van der Waals surface area contributed by atoms with Gasteiger partial charge in [0.1, 0.15) is 5.69 Å². The molecule has 2 atom stereocenters.